The molecule has 0 radical (unpaired) electrons. The topological polar surface area (TPSA) is 63.2 Å². The van der Waals surface area contributed by atoms with Crippen molar-refractivity contribution in [2.45, 2.75) is 30.4 Å². The van der Waals surface area contributed by atoms with Crippen LogP contribution in [0, 0.1) is 11.6 Å². The molecule has 0 amide bonds. The van der Waals surface area contributed by atoms with Crippen molar-refractivity contribution >= 4 is 45.3 Å². The Morgan fingerprint density at radius 1 is 1.31 bits per heavy atom. The summed E-state index contributed by atoms with van der Waals surface area (Å²) in [5.41, 5.74) is 3.44. The van der Waals surface area contributed by atoms with Gasteiger partial charge >= 0.3 is 0 Å². The number of ether oxygens (including phenoxy) is 1. The van der Waals surface area contributed by atoms with E-state index < -0.39 is 22.9 Å². The average molecular weight is 496 g/mol. The van der Waals surface area contributed by atoms with E-state index >= 15 is 0 Å². The Labute approximate surface area is 196 Å². The third-order valence-corrected chi connectivity index (χ3v) is 6.97. The largest absolute Gasteiger partial charge is 0.487 e. The van der Waals surface area contributed by atoms with E-state index in [-0.39, 0.29) is 27.5 Å². The minimum atomic E-state index is -1.87. The average Bonchev–Trinajstić information content (AvgIpc) is 3.29. The second kappa shape index (κ2) is 10.1. The number of hydrogen-bond acceptors (Lipinski definition) is 5. The van der Waals surface area contributed by atoms with Gasteiger partial charge in [-0.25, -0.2) is 18.0 Å². The normalized spacial score (nSPS) is 18.0. The highest BCUT2D eigenvalue weighted by molar-refractivity contribution is 7.86. The van der Waals surface area contributed by atoms with Gasteiger partial charge in [-0.05, 0) is 49.2 Å². The van der Waals surface area contributed by atoms with Crippen molar-refractivity contribution in [3.63, 3.8) is 0 Å². The molecule has 5 nitrogen and oxygen atoms in total. The number of anilines is 1. The van der Waals surface area contributed by atoms with Gasteiger partial charge in [0.05, 0.1) is 21.5 Å². The zero-order valence-electron chi connectivity index (χ0n) is 17.0. The molecule has 0 aliphatic carbocycles. The molecule has 0 saturated heterocycles. The SMILES string of the molecule is CC(Oc1cc(F)c(S(=O)Nc2cscn2)cc1Cl)C1NCCC=C1c1ccc(F)cc1. The van der Waals surface area contributed by atoms with Gasteiger partial charge in [0.1, 0.15) is 29.3 Å². The summed E-state index contributed by atoms with van der Waals surface area (Å²) < 4.78 is 49.2. The van der Waals surface area contributed by atoms with Gasteiger partial charge < -0.3 is 10.1 Å². The zero-order chi connectivity index (χ0) is 22.7. The van der Waals surface area contributed by atoms with Crippen LogP contribution in [0.5, 0.6) is 5.75 Å². The summed E-state index contributed by atoms with van der Waals surface area (Å²) in [6, 6.07) is 8.50. The number of nitrogens with one attached hydrogen (secondary N) is 2. The maximum absolute atomic E-state index is 14.7. The molecule has 1 aliphatic heterocycles. The van der Waals surface area contributed by atoms with Gasteiger partial charge in [0.15, 0.2) is 11.0 Å². The van der Waals surface area contributed by atoms with Crippen LogP contribution >= 0.6 is 22.9 Å². The van der Waals surface area contributed by atoms with Crippen LogP contribution in [0.25, 0.3) is 5.57 Å². The lowest BCUT2D eigenvalue weighted by atomic mass is 9.91. The van der Waals surface area contributed by atoms with E-state index in [1.165, 1.54) is 29.5 Å². The number of thiazole rings is 1. The van der Waals surface area contributed by atoms with Gasteiger partial charge in [0, 0.05) is 11.4 Å². The van der Waals surface area contributed by atoms with E-state index in [0.717, 1.165) is 30.2 Å². The Morgan fingerprint density at radius 3 is 2.81 bits per heavy atom. The molecule has 0 fully saturated rings. The van der Waals surface area contributed by atoms with Crippen LogP contribution in [0.2, 0.25) is 5.02 Å². The third kappa shape index (κ3) is 5.17. The quantitative estimate of drug-likeness (QED) is 0.459. The molecule has 32 heavy (non-hydrogen) atoms. The minimum Gasteiger partial charge on any atom is -0.487 e. The highest BCUT2D eigenvalue weighted by Crippen LogP contribution is 2.33. The predicted molar refractivity (Wildman–Crippen MR) is 124 cm³/mol. The Balaban J connectivity index is 1.52. The fourth-order valence-corrected chi connectivity index (χ4v) is 5.19. The maximum Gasteiger partial charge on any atom is 0.154 e. The molecule has 168 valence electrons. The van der Waals surface area contributed by atoms with Gasteiger partial charge in [0.2, 0.25) is 0 Å². The van der Waals surface area contributed by atoms with Gasteiger partial charge in [-0.2, -0.15) is 0 Å². The standard InChI is InChI=1S/C22H20ClF2N3O2S2/c1-13(22-16(3-2-8-26-22)14-4-6-15(24)7-5-14)30-19-10-18(25)20(9-17(19)23)32(29)28-21-11-31-12-27-21/h3-7,9-13,22,26,28H,2,8H2,1H3. The van der Waals surface area contributed by atoms with Crippen molar-refractivity contribution < 1.29 is 17.7 Å². The second-order valence-corrected chi connectivity index (χ2v) is 9.47. The Morgan fingerprint density at radius 2 is 2.09 bits per heavy atom. The molecule has 1 aliphatic rings. The molecule has 2 heterocycles. The van der Waals surface area contributed by atoms with Crippen LogP contribution in [-0.2, 0) is 11.0 Å². The Kier molecular flexibility index (Phi) is 7.20. The monoisotopic (exact) mass is 495 g/mol. The predicted octanol–water partition coefficient (Wildman–Crippen LogP) is 5.42. The van der Waals surface area contributed by atoms with E-state index in [0.29, 0.717) is 5.82 Å². The maximum atomic E-state index is 14.7. The zero-order valence-corrected chi connectivity index (χ0v) is 19.4. The molecule has 10 heteroatoms. The van der Waals surface area contributed by atoms with Crippen LogP contribution in [0.15, 0.2) is 58.3 Å². The molecule has 3 aromatic rings. The van der Waals surface area contributed by atoms with E-state index in [1.807, 2.05) is 6.92 Å². The molecule has 0 spiro atoms. The van der Waals surface area contributed by atoms with Crippen LogP contribution in [0.4, 0.5) is 14.6 Å². The van der Waals surface area contributed by atoms with Gasteiger partial charge in [-0.1, -0.05) is 29.8 Å². The van der Waals surface area contributed by atoms with Crippen LogP contribution in [0.1, 0.15) is 18.9 Å². The number of halogens is 3. The lowest BCUT2D eigenvalue weighted by molar-refractivity contribution is 0.191. The summed E-state index contributed by atoms with van der Waals surface area (Å²) in [4.78, 5) is 3.89. The van der Waals surface area contributed by atoms with Gasteiger partial charge in [-0.15, -0.1) is 11.3 Å². The number of rotatable bonds is 7. The first kappa shape index (κ1) is 22.8. The Bertz CT molecular complexity index is 1140. The lowest BCUT2D eigenvalue weighted by Crippen LogP contribution is -2.44. The van der Waals surface area contributed by atoms with E-state index in [4.69, 9.17) is 16.3 Å². The minimum absolute atomic E-state index is 0.0920. The van der Waals surface area contributed by atoms with E-state index in [1.54, 1.807) is 23.0 Å². The molecule has 0 bridgehead atoms. The highest BCUT2D eigenvalue weighted by Gasteiger charge is 2.27. The first-order valence-corrected chi connectivity index (χ1v) is 12.3. The summed E-state index contributed by atoms with van der Waals surface area (Å²) in [7, 11) is -1.87. The van der Waals surface area contributed by atoms with Crippen molar-refractivity contribution in [1.82, 2.24) is 10.3 Å². The van der Waals surface area contributed by atoms with Crippen LogP contribution in [0.3, 0.4) is 0 Å². The summed E-state index contributed by atoms with van der Waals surface area (Å²) in [5.74, 6) is -0.468. The van der Waals surface area contributed by atoms with Crippen molar-refractivity contribution in [2.75, 3.05) is 11.3 Å². The number of nitrogens with zero attached hydrogens (tertiary/aromatic N) is 1. The number of benzene rings is 2. The summed E-state index contributed by atoms with van der Waals surface area (Å²) in [6.45, 7) is 2.61. The molecule has 3 unspecified atom stereocenters. The summed E-state index contributed by atoms with van der Waals surface area (Å²) >= 11 is 7.67. The van der Waals surface area contributed by atoms with E-state index in [9.17, 15) is 13.0 Å². The molecule has 0 saturated carbocycles. The molecule has 1 aromatic heterocycles. The molecule has 2 aromatic carbocycles. The fourth-order valence-electron chi connectivity index (χ4n) is 3.49. The Hall–Kier alpha value is -2.33. The van der Waals surface area contributed by atoms with Crippen LogP contribution in [-0.4, -0.2) is 27.9 Å². The molecule has 4 rings (SSSR count). The first-order valence-electron chi connectivity index (χ1n) is 9.84. The molecular formula is C22H20ClF2N3O2S2. The van der Waals surface area contributed by atoms with Crippen molar-refractivity contribution in [1.29, 1.82) is 0 Å². The number of aromatic nitrogens is 1. The fraction of sp³-hybridized carbons (Fsp3) is 0.227. The van der Waals surface area contributed by atoms with E-state index in [2.05, 4.69) is 21.1 Å². The van der Waals surface area contributed by atoms with Gasteiger partial charge in [0.25, 0.3) is 0 Å². The number of hydrogen-bond donors (Lipinski definition) is 2. The smallest absolute Gasteiger partial charge is 0.154 e. The van der Waals surface area contributed by atoms with Crippen LogP contribution < -0.4 is 14.8 Å². The highest BCUT2D eigenvalue weighted by atomic mass is 35.5. The van der Waals surface area contributed by atoms with Crippen molar-refractivity contribution in [3.05, 3.63) is 75.6 Å². The lowest BCUT2D eigenvalue weighted by Gasteiger charge is -2.31. The summed E-state index contributed by atoms with van der Waals surface area (Å²) in [5, 5.41) is 5.21. The van der Waals surface area contributed by atoms with Gasteiger partial charge in [-0.3, -0.25) is 4.72 Å². The summed E-state index contributed by atoms with van der Waals surface area (Å²) in [6.07, 6.45) is 2.51. The molecular weight excluding hydrogens is 476 g/mol. The molecule has 3 atom stereocenters. The van der Waals surface area contributed by atoms with Crippen molar-refractivity contribution in [2.24, 2.45) is 0 Å². The second-order valence-electron chi connectivity index (χ2n) is 7.17. The molecule has 2 N–H and O–H groups in total. The third-order valence-electron chi connectivity index (χ3n) is 4.98. The first-order chi connectivity index (χ1) is 15.4. The van der Waals surface area contributed by atoms with Crippen molar-refractivity contribution in [3.8, 4) is 5.75 Å².